The lowest BCUT2D eigenvalue weighted by atomic mass is 10.0. The topological polar surface area (TPSA) is 77.8 Å². The summed E-state index contributed by atoms with van der Waals surface area (Å²) in [5, 5.41) is 28.8. The number of carbonyl (C=O) groups is 1. The normalized spacial score (nSPS) is 11.3. The number of halogens is 1. The van der Waals surface area contributed by atoms with Crippen molar-refractivity contribution in [2.45, 2.75) is 0 Å². The summed E-state index contributed by atoms with van der Waals surface area (Å²) in [6.45, 7) is 0. The first-order valence-electron chi connectivity index (χ1n) is 5.70. The zero-order chi connectivity index (χ0) is 14.7. The summed E-state index contributed by atoms with van der Waals surface area (Å²) in [6.07, 6.45) is 1.30. The molecular formula is C15H11ClO4. The molecule has 0 saturated heterocycles. The van der Waals surface area contributed by atoms with Crippen LogP contribution in [0.1, 0.15) is 11.1 Å². The molecule has 0 aliphatic rings. The number of hydrogen-bond donors (Lipinski definition) is 3. The van der Waals surface area contributed by atoms with Crippen LogP contribution in [0, 0.1) is 0 Å². The van der Waals surface area contributed by atoms with Gasteiger partial charge in [-0.1, -0.05) is 23.7 Å². The molecule has 20 heavy (non-hydrogen) atoms. The van der Waals surface area contributed by atoms with E-state index in [0.29, 0.717) is 16.1 Å². The quantitative estimate of drug-likeness (QED) is 0.598. The summed E-state index contributed by atoms with van der Waals surface area (Å²) in [5.41, 5.74) is 0.564. The van der Waals surface area contributed by atoms with Gasteiger partial charge >= 0.3 is 5.97 Å². The minimum atomic E-state index is -1.17. The highest BCUT2D eigenvalue weighted by atomic mass is 35.5. The summed E-state index contributed by atoms with van der Waals surface area (Å²) in [5.74, 6) is -1.28. The molecule has 0 atom stereocenters. The first-order chi connectivity index (χ1) is 9.47. The van der Waals surface area contributed by atoms with E-state index in [1.165, 1.54) is 36.4 Å². The average molecular weight is 291 g/mol. The molecule has 0 aliphatic heterocycles. The molecule has 0 radical (unpaired) electrons. The van der Waals surface area contributed by atoms with Crippen LogP contribution in [0.25, 0.3) is 11.6 Å². The van der Waals surface area contributed by atoms with Gasteiger partial charge in [-0.05, 0) is 42.0 Å². The van der Waals surface area contributed by atoms with Crippen molar-refractivity contribution in [2.24, 2.45) is 0 Å². The van der Waals surface area contributed by atoms with Crippen molar-refractivity contribution < 1.29 is 20.1 Å². The third-order valence-corrected chi connectivity index (χ3v) is 2.91. The van der Waals surface area contributed by atoms with Gasteiger partial charge in [0, 0.05) is 10.6 Å². The Hall–Kier alpha value is -2.46. The highest BCUT2D eigenvalue weighted by molar-refractivity contribution is 6.31. The van der Waals surface area contributed by atoms with Crippen molar-refractivity contribution in [1.29, 1.82) is 0 Å². The van der Waals surface area contributed by atoms with Gasteiger partial charge in [-0.3, -0.25) is 0 Å². The van der Waals surface area contributed by atoms with Gasteiger partial charge in [-0.25, -0.2) is 4.79 Å². The van der Waals surface area contributed by atoms with Crippen LogP contribution in [0.3, 0.4) is 0 Å². The number of carboxylic acid groups (broad SMARTS) is 1. The molecule has 3 N–H and O–H groups in total. The highest BCUT2D eigenvalue weighted by Crippen LogP contribution is 2.28. The fourth-order valence-corrected chi connectivity index (χ4v) is 1.92. The van der Waals surface area contributed by atoms with Crippen LogP contribution in [0.4, 0.5) is 0 Å². The molecule has 102 valence electrons. The minimum absolute atomic E-state index is 0.0371. The second-order valence-electron chi connectivity index (χ2n) is 4.12. The van der Waals surface area contributed by atoms with Gasteiger partial charge in [-0.15, -0.1) is 0 Å². The molecule has 0 unspecified atom stereocenters. The fourth-order valence-electron chi connectivity index (χ4n) is 1.74. The summed E-state index contributed by atoms with van der Waals surface area (Å²) in [7, 11) is 0. The molecule has 2 aromatic rings. The van der Waals surface area contributed by atoms with Crippen LogP contribution in [0.5, 0.6) is 11.5 Å². The van der Waals surface area contributed by atoms with Crippen molar-refractivity contribution in [2.75, 3.05) is 0 Å². The molecule has 0 fully saturated rings. The number of hydrogen-bond acceptors (Lipinski definition) is 3. The Balaban J connectivity index is 2.56. The summed E-state index contributed by atoms with van der Waals surface area (Å²) in [4.78, 5) is 11.3. The molecule has 2 aromatic carbocycles. The van der Waals surface area contributed by atoms with E-state index in [2.05, 4.69) is 0 Å². The number of aliphatic carboxylic acids is 1. The first kappa shape index (κ1) is 14.0. The minimum Gasteiger partial charge on any atom is -0.508 e. The van der Waals surface area contributed by atoms with Crippen molar-refractivity contribution in [1.82, 2.24) is 0 Å². The number of phenolic OH excluding ortho intramolecular Hbond substituents is 2. The zero-order valence-electron chi connectivity index (χ0n) is 10.2. The standard InChI is InChI=1S/C15H11ClO4/c16-11-4-5-14(18)10(6-11)8-13(15(19)20)9-2-1-3-12(17)7-9/h1-8,17-18H,(H,19,20)/b13-8-. The van der Waals surface area contributed by atoms with E-state index in [1.807, 2.05) is 0 Å². The Labute approximate surface area is 120 Å². The van der Waals surface area contributed by atoms with Gasteiger partial charge in [0.25, 0.3) is 0 Å². The molecule has 0 heterocycles. The predicted octanol–water partition coefficient (Wildman–Crippen LogP) is 3.38. The van der Waals surface area contributed by atoms with E-state index in [9.17, 15) is 20.1 Å². The highest BCUT2D eigenvalue weighted by Gasteiger charge is 2.12. The maximum atomic E-state index is 11.3. The number of phenols is 2. The lowest BCUT2D eigenvalue weighted by molar-refractivity contribution is -0.130. The Morgan fingerprint density at radius 2 is 1.85 bits per heavy atom. The molecule has 0 bridgehead atoms. The zero-order valence-corrected chi connectivity index (χ0v) is 11.0. The number of carboxylic acids is 1. The van der Waals surface area contributed by atoms with Crippen LogP contribution in [-0.4, -0.2) is 21.3 Å². The van der Waals surface area contributed by atoms with Crippen molar-refractivity contribution in [3.05, 3.63) is 58.6 Å². The summed E-state index contributed by atoms with van der Waals surface area (Å²) >= 11 is 5.82. The van der Waals surface area contributed by atoms with Crippen molar-refractivity contribution in [3.63, 3.8) is 0 Å². The molecule has 0 aliphatic carbocycles. The number of benzene rings is 2. The molecule has 0 spiro atoms. The summed E-state index contributed by atoms with van der Waals surface area (Å²) in [6, 6.07) is 10.2. The van der Waals surface area contributed by atoms with E-state index < -0.39 is 5.97 Å². The maximum absolute atomic E-state index is 11.3. The Morgan fingerprint density at radius 3 is 2.50 bits per heavy atom. The third-order valence-electron chi connectivity index (χ3n) is 2.68. The van der Waals surface area contributed by atoms with Gasteiger partial charge < -0.3 is 15.3 Å². The van der Waals surface area contributed by atoms with E-state index in [0.717, 1.165) is 0 Å². The molecule has 0 aromatic heterocycles. The molecule has 5 heteroatoms. The Kier molecular flexibility index (Phi) is 3.96. The fraction of sp³-hybridized carbons (Fsp3) is 0. The van der Waals surface area contributed by atoms with Crippen LogP contribution in [0.15, 0.2) is 42.5 Å². The van der Waals surface area contributed by atoms with Gasteiger partial charge in [0.05, 0.1) is 5.57 Å². The van der Waals surface area contributed by atoms with Crippen LogP contribution < -0.4 is 0 Å². The van der Waals surface area contributed by atoms with E-state index in [4.69, 9.17) is 11.6 Å². The van der Waals surface area contributed by atoms with Crippen molar-refractivity contribution >= 4 is 29.2 Å². The third kappa shape index (κ3) is 3.10. The SMILES string of the molecule is O=C(O)/C(=C\c1cc(Cl)ccc1O)c1cccc(O)c1. The smallest absolute Gasteiger partial charge is 0.336 e. The Bertz CT molecular complexity index is 692. The van der Waals surface area contributed by atoms with Crippen LogP contribution in [0.2, 0.25) is 5.02 Å². The average Bonchev–Trinajstić information content (AvgIpc) is 2.39. The first-order valence-corrected chi connectivity index (χ1v) is 6.08. The van der Waals surface area contributed by atoms with Gasteiger partial charge in [0.2, 0.25) is 0 Å². The number of rotatable bonds is 3. The molecule has 2 rings (SSSR count). The van der Waals surface area contributed by atoms with E-state index in [1.54, 1.807) is 12.1 Å². The number of aromatic hydroxyl groups is 2. The molecule has 4 nitrogen and oxygen atoms in total. The summed E-state index contributed by atoms with van der Waals surface area (Å²) < 4.78 is 0. The molecular weight excluding hydrogens is 280 g/mol. The van der Waals surface area contributed by atoms with E-state index in [-0.39, 0.29) is 17.1 Å². The van der Waals surface area contributed by atoms with Gasteiger partial charge in [-0.2, -0.15) is 0 Å². The largest absolute Gasteiger partial charge is 0.508 e. The van der Waals surface area contributed by atoms with Crippen molar-refractivity contribution in [3.8, 4) is 11.5 Å². The van der Waals surface area contributed by atoms with E-state index >= 15 is 0 Å². The lowest BCUT2D eigenvalue weighted by Gasteiger charge is -2.05. The maximum Gasteiger partial charge on any atom is 0.336 e. The Morgan fingerprint density at radius 1 is 1.10 bits per heavy atom. The van der Waals surface area contributed by atoms with Gasteiger partial charge in [0.1, 0.15) is 11.5 Å². The second kappa shape index (κ2) is 5.67. The van der Waals surface area contributed by atoms with Gasteiger partial charge in [0.15, 0.2) is 0 Å². The van der Waals surface area contributed by atoms with Crippen LogP contribution >= 0.6 is 11.6 Å². The predicted molar refractivity (Wildman–Crippen MR) is 76.7 cm³/mol. The second-order valence-corrected chi connectivity index (χ2v) is 4.55. The molecule has 0 amide bonds. The monoisotopic (exact) mass is 290 g/mol. The molecule has 0 saturated carbocycles. The van der Waals surface area contributed by atoms with Crippen LogP contribution in [-0.2, 0) is 4.79 Å². The lowest BCUT2D eigenvalue weighted by Crippen LogP contribution is -1.99.